The first kappa shape index (κ1) is 20.3. The van der Waals surface area contributed by atoms with Gasteiger partial charge >= 0.3 is 0 Å². The summed E-state index contributed by atoms with van der Waals surface area (Å²) in [5.74, 6) is -0.411. The fourth-order valence-corrected chi connectivity index (χ4v) is 2.97. The number of carbonyl (C=O) groups is 2. The van der Waals surface area contributed by atoms with E-state index in [1.54, 1.807) is 11.0 Å². The van der Waals surface area contributed by atoms with E-state index >= 15 is 0 Å². The van der Waals surface area contributed by atoms with Crippen molar-refractivity contribution >= 4 is 17.5 Å². The van der Waals surface area contributed by atoms with Crippen LogP contribution in [0.3, 0.4) is 0 Å². The van der Waals surface area contributed by atoms with Crippen LogP contribution in [0.2, 0.25) is 0 Å². The highest BCUT2D eigenvalue weighted by atomic mass is 16.2. The summed E-state index contributed by atoms with van der Waals surface area (Å²) in [4.78, 5) is 31.5. The molecule has 0 saturated carbocycles. The van der Waals surface area contributed by atoms with Gasteiger partial charge in [0, 0.05) is 24.6 Å². The van der Waals surface area contributed by atoms with Crippen molar-refractivity contribution in [3.05, 3.63) is 95.8 Å². The number of benzene rings is 2. The fourth-order valence-electron chi connectivity index (χ4n) is 2.97. The van der Waals surface area contributed by atoms with Crippen LogP contribution in [0.5, 0.6) is 0 Å². The van der Waals surface area contributed by atoms with Gasteiger partial charge in [-0.05, 0) is 30.2 Å². The van der Waals surface area contributed by atoms with Crippen molar-refractivity contribution in [1.82, 2.24) is 10.3 Å². The molecule has 0 aliphatic heterocycles. The number of anilines is 1. The van der Waals surface area contributed by atoms with Crippen molar-refractivity contribution in [2.75, 3.05) is 11.4 Å². The summed E-state index contributed by atoms with van der Waals surface area (Å²) in [5.41, 5.74) is 2.58. The van der Waals surface area contributed by atoms with E-state index < -0.39 is 0 Å². The number of rotatable bonds is 8. The summed E-state index contributed by atoms with van der Waals surface area (Å²) in [6.07, 6.45) is 4.91. The van der Waals surface area contributed by atoms with Crippen LogP contribution in [0.1, 0.15) is 46.0 Å². The number of amides is 2. The molecular formula is C24H25N3O2. The lowest BCUT2D eigenvalue weighted by Gasteiger charge is -2.23. The van der Waals surface area contributed by atoms with E-state index in [-0.39, 0.29) is 11.8 Å². The molecule has 1 heterocycles. The van der Waals surface area contributed by atoms with Crippen LogP contribution < -0.4 is 10.2 Å². The first-order chi connectivity index (χ1) is 14.2. The second kappa shape index (κ2) is 10.2. The van der Waals surface area contributed by atoms with E-state index in [9.17, 15) is 9.59 Å². The van der Waals surface area contributed by atoms with E-state index in [2.05, 4.69) is 17.2 Å². The van der Waals surface area contributed by atoms with E-state index in [1.165, 1.54) is 12.4 Å². The van der Waals surface area contributed by atoms with Crippen molar-refractivity contribution in [3.8, 4) is 0 Å². The van der Waals surface area contributed by atoms with Crippen molar-refractivity contribution < 1.29 is 9.59 Å². The van der Waals surface area contributed by atoms with Gasteiger partial charge in [0.15, 0.2) is 0 Å². The van der Waals surface area contributed by atoms with E-state index in [0.717, 1.165) is 24.1 Å². The Hall–Kier alpha value is -3.47. The molecule has 0 radical (unpaired) electrons. The quantitative estimate of drug-likeness (QED) is 0.581. The number of nitrogens with one attached hydrogen (secondary N) is 1. The van der Waals surface area contributed by atoms with Gasteiger partial charge in [0.05, 0.1) is 17.7 Å². The predicted octanol–water partition coefficient (Wildman–Crippen LogP) is 4.46. The molecular weight excluding hydrogens is 362 g/mol. The standard InChI is InChI=1S/C24H25N3O2/c1-2-3-14-26-23(28)20-15-21(17-25-16-20)24(29)27(22-12-8-5-9-13-22)18-19-10-6-4-7-11-19/h4-13,15-17H,2-3,14,18H2,1H3,(H,26,28). The number of hydrogen-bond donors (Lipinski definition) is 1. The Morgan fingerprint density at radius 3 is 2.28 bits per heavy atom. The van der Waals surface area contributed by atoms with Gasteiger partial charge in [0.1, 0.15) is 0 Å². The molecule has 0 fully saturated rings. The van der Waals surface area contributed by atoms with E-state index in [4.69, 9.17) is 0 Å². The van der Waals surface area contributed by atoms with Gasteiger partial charge in [0.2, 0.25) is 0 Å². The minimum Gasteiger partial charge on any atom is -0.352 e. The highest BCUT2D eigenvalue weighted by molar-refractivity contribution is 6.07. The molecule has 0 spiro atoms. The maximum Gasteiger partial charge on any atom is 0.260 e. The third-order valence-corrected chi connectivity index (χ3v) is 4.56. The number of aromatic nitrogens is 1. The highest BCUT2D eigenvalue weighted by Crippen LogP contribution is 2.20. The molecule has 0 bridgehead atoms. The van der Waals surface area contributed by atoms with Gasteiger partial charge in [-0.1, -0.05) is 61.9 Å². The Kier molecular flexibility index (Phi) is 7.11. The van der Waals surface area contributed by atoms with Crippen molar-refractivity contribution in [2.24, 2.45) is 0 Å². The summed E-state index contributed by atoms with van der Waals surface area (Å²) in [6, 6.07) is 20.9. The van der Waals surface area contributed by atoms with Crippen LogP contribution in [-0.4, -0.2) is 23.3 Å². The van der Waals surface area contributed by atoms with E-state index in [1.807, 2.05) is 60.7 Å². The summed E-state index contributed by atoms with van der Waals surface area (Å²) in [5, 5.41) is 2.86. The zero-order valence-electron chi connectivity index (χ0n) is 16.5. The van der Waals surface area contributed by atoms with Gasteiger partial charge in [-0.15, -0.1) is 0 Å². The lowest BCUT2D eigenvalue weighted by molar-refractivity contribution is 0.0953. The minimum atomic E-state index is -0.213. The van der Waals surface area contributed by atoms with Gasteiger partial charge in [-0.2, -0.15) is 0 Å². The van der Waals surface area contributed by atoms with Crippen molar-refractivity contribution in [3.63, 3.8) is 0 Å². The maximum absolute atomic E-state index is 13.3. The van der Waals surface area contributed by atoms with Crippen molar-refractivity contribution in [2.45, 2.75) is 26.3 Å². The first-order valence-electron chi connectivity index (χ1n) is 9.83. The summed E-state index contributed by atoms with van der Waals surface area (Å²) >= 11 is 0. The number of unbranched alkanes of at least 4 members (excludes halogenated alkanes) is 1. The molecule has 0 aliphatic rings. The Labute approximate surface area is 171 Å². The first-order valence-corrected chi connectivity index (χ1v) is 9.83. The average molecular weight is 387 g/mol. The Bertz CT molecular complexity index is 943. The normalized spacial score (nSPS) is 10.4. The Morgan fingerprint density at radius 2 is 1.59 bits per heavy atom. The molecule has 2 aromatic carbocycles. The second-order valence-electron chi connectivity index (χ2n) is 6.78. The molecule has 1 N–H and O–H groups in total. The molecule has 5 nitrogen and oxygen atoms in total. The summed E-state index contributed by atoms with van der Waals surface area (Å²) in [7, 11) is 0. The lowest BCUT2D eigenvalue weighted by Crippen LogP contribution is -2.31. The maximum atomic E-state index is 13.3. The molecule has 0 unspecified atom stereocenters. The zero-order chi connectivity index (χ0) is 20.5. The number of nitrogens with zero attached hydrogens (tertiary/aromatic N) is 2. The largest absolute Gasteiger partial charge is 0.352 e. The summed E-state index contributed by atoms with van der Waals surface area (Å²) < 4.78 is 0. The summed E-state index contributed by atoms with van der Waals surface area (Å²) in [6.45, 7) is 3.10. The molecule has 3 aromatic rings. The van der Waals surface area contributed by atoms with Crippen LogP contribution in [0, 0.1) is 0 Å². The lowest BCUT2D eigenvalue weighted by atomic mass is 10.1. The molecule has 5 heteroatoms. The number of hydrogen-bond acceptors (Lipinski definition) is 3. The SMILES string of the molecule is CCCCNC(=O)c1cncc(C(=O)N(Cc2ccccc2)c2ccccc2)c1. The van der Waals surface area contributed by atoms with E-state index in [0.29, 0.717) is 24.2 Å². The molecule has 2 amide bonds. The van der Waals surface area contributed by atoms with Crippen LogP contribution in [0.25, 0.3) is 0 Å². The second-order valence-corrected chi connectivity index (χ2v) is 6.78. The molecule has 0 saturated heterocycles. The highest BCUT2D eigenvalue weighted by Gasteiger charge is 2.20. The average Bonchev–Trinajstić information content (AvgIpc) is 2.78. The molecule has 29 heavy (non-hydrogen) atoms. The van der Waals surface area contributed by atoms with Gasteiger partial charge < -0.3 is 10.2 Å². The smallest absolute Gasteiger partial charge is 0.260 e. The van der Waals surface area contributed by atoms with Crippen LogP contribution >= 0.6 is 0 Å². The topological polar surface area (TPSA) is 62.3 Å². The Balaban J connectivity index is 1.86. The number of pyridine rings is 1. The minimum absolute atomic E-state index is 0.198. The fraction of sp³-hybridized carbons (Fsp3) is 0.208. The van der Waals surface area contributed by atoms with Gasteiger partial charge in [-0.3, -0.25) is 14.6 Å². The Morgan fingerprint density at radius 1 is 0.931 bits per heavy atom. The number of para-hydroxylation sites is 1. The molecule has 148 valence electrons. The number of carbonyl (C=O) groups excluding carboxylic acids is 2. The molecule has 1 aromatic heterocycles. The zero-order valence-corrected chi connectivity index (χ0v) is 16.5. The molecule has 0 aliphatic carbocycles. The monoisotopic (exact) mass is 387 g/mol. The van der Waals surface area contributed by atoms with Crippen LogP contribution in [0.4, 0.5) is 5.69 Å². The van der Waals surface area contributed by atoms with Gasteiger partial charge in [0.25, 0.3) is 11.8 Å². The van der Waals surface area contributed by atoms with Crippen molar-refractivity contribution in [1.29, 1.82) is 0 Å². The van der Waals surface area contributed by atoms with Crippen LogP contribution in [0.15, 0.2) is 79.1 Å². The predicted molar refractivity (Wildman–Crippen MR) is 115 cm³/mol. The third kappa shape index (κ3) is 5.51. The molecule has 0 atom stereocenters. The third-order valence-electron chi connectivity index (χ3n) is 4.56. The molecule has 3 rings (SSSR count). The van der Waals surface area contributed by atoms with Gasteiger partial charge in [-0.25, -0.2) is 0 Å². The van der Waals surface area contributed by atoms with Crippen LogP contribution in [-0.2, 0) is 6.54 Å².